The summed E-state index contributed by atoms with van der Waals surface area (Å²) in [5, 5.41) is 0. The van der Waals surface area contributed by atoms with Crippen LogP contribution in [0.3, 0.4) is 0 Å². The lowest BCUT2D eigenvalue weighted by molar-refractivity contribution is -0.125. The van der Waals surface area contributed by atoms with Crippen molar-refractivity contribution in [1.82, 2.24) is 4.90 Å². The highest BCUT2D eigenvalue weighted by molar-refractivity contribution is 5.81. The second-order valence-corrected chi connectivity index (χ2v) is 4.34. The first kappa shape index (κ1) is 10.4. The summed E-state index contributed by atoms with van der Waals surface area (Å²) in [5.74, 6) is 0.627. The molecule has 80 valence electrons. The Kier molecular flexibility index (Phi) is 3.17. The molecule has 0 radical (unpaired) electrons. The zero-order valence-electron chi connectivity index (χ0n) is 9.15. The Labute approximate surface area is 90.9 Å². The van der Waals surface area contributed by atoms with Gasteiger partial charge in [0.2, 0.25) is 0 Å². The zero-order chi connectivity index (χ0) is 10.7. The van der Waals surface area contributed by atoms with Crippen LogP contribution < -0.4 is 0 Å². The largest absolute Gasteiger partial charge is 0.299 e. The molecule has 0 aromatic heterocycles. The fourth-order valence-electron chi connectivity index (χ4n) is 2.08. The topological polar surface area (TPSA) is 20.3 Å². The van der Waals surface area contributed by atoms with Crippen LogP contribution in [-0.2, 0) is 11.3 Å². The standard InChI is InChI=1S/C13H17NO/c1-11-9-14(8-7-13(11)15)10-12-5-3-2-4-6-12/h2-6,11H,7-10H2,1H3/t11-/m0/s1. The third-order valence-electron chi connectivity index (χ3n) is 3.01. The summed E-state index contributed by atoms with van der Waals surface area (Å²) >= 11 is 0. The maximum Gasteiger partial charge on any atom is 0.138 e. The molecule has 0 amide bonds. The molecule has 1 aliphatic heterocycles. The van der Waals surface area contributed by atoms with Gasteiger partial charge in [-0.3, -0.25) is 9.69 Å². The molecule has 1 heterocycles. The van der Waals surface area contributed by atoms with Crippen LogP contribution in [0.5, 0.6) is 0 Å². The van der Waals surface area contributed by atoms with Crippen molar-refractivity contribution in [1.29, 1.82) is 0 Å². The summed E-state index contributed by atoms with van der Waals surface area (Å²) in [6.45, 7) is 4.82. The summed E-state index contributed by atoms with van der Waals surface area (Å²) in [5.41, 5.74) is 1.33. The molecule has 15 heavy (non-hydrogen) atoms. The lowest BCUT2D eigenvalue weighted by atomic mass is 9.98. The zero-order valence-corrected chi connectivity index (χ0v) is 9.15. The molecule has 2 heteroatoms. The van der Waals surface area contributed by atoms with Crippen LogP contribution in [-0.4, -0.2) is 23.8 Å². The number of hydrogen-bond acceptors (Lipinski definition) is 2. The predicted octanol–water partition coefficient (Wildman–Crippen LogP) is 2.10. The number of benzene rings is 1. The van der Waals surface area contributed by atoms with E-state index in [2.05, 4.69) is 29.2 Å². The van der Waals surface area contributed by atoms with Gasteiger partial charge in [0.1, 0.15) is 5.78 Å². The second kappa shape index (κ2) is 4.58. The number of Topliss-reactive ketones (excluding diaryl/α,β-unsaturated/α-hetero) is 1. The molecule has 0 N–H and O–H groups in total. The van der Waals surface area contributed by atoms with Crippen molar-refractivity contribution >= 4 is 5.78 Å². The monoisotopic (exact) mass is 203 g/mol. The summed E-state index contributed by atoms with van der Waals surface area (Å²) in [6, 6.07) is 10.4. The van der Waals surface area contributed by atoms with E-state index < -0.39 is 0 Å². The van der Waals surface area contributed by atoms with Gasteiger partial charge in [-0.25, -0.2) is 0 Å². The van der Waals surface area contributed by atoms with E-state index in [1.807, 2.05) is 13.0 Å². The number of hydrogen-bond donors (Lipinski definition) is 0. The molecule has 0 saturated carbocycles. The van der Waals surface area contributed by atoms with Crippen molar-refractivity contribution in [3.63, 3.8) is 0 Å². The Morgan fingerprint density at radius 2 is 2.07 bits per heavy atom. The second-order valence-electron chi connectivity index (χ2n) is 4.34. The van der Waals surface area contributed by atoms with E-state index in [0.29, 0.717) is 12.2 Å². The van der Waals surface area contributed by atoms with E-state index in [1.165, 1.54) is 5.56 Å². The van der Waals surface area contributed by atoms with E-state index >= 15 is 0 Å². The first-order chi connectivity index (χ1) is 7.25. The maximum absolute atomic E-state index is 11.4. The van der Waals surface area contributed by atoms with Crippen molar-refractivity contribution in [2.75, 3.05) is 13.1 Å². The Morgan fingerprint density at radius 1 is 1.33 bits per heavy atom. The Balaban J connectivity index is 1.94. The smallest absolute Gasteiger partial charge is 0.138 e. The highest BCUT2D eigenvalue weighted by Gasteiger charge is 2.22. The van der Waals surface area contributed by atoms with Crippen LogP contribution in [0.15, 0.2) is 30.3 Å². The lowest BCUT2D eigenvalue weighted by Crippen LogP contribution is -2.38. The van der Waals surface area contributed by atoms with Gasteiger partial charge in [-0.1, -0.05) is 37.3 Å². The van der Waals surface area contributed by atoms with Crippen LogP contribution in [0, 0.1) is 5.92 Å². The Morgan fingerprint density at radius 3 is 2.73 bits per heavy atom. The molecule has 2 nitrogen and oxygen atoms in total. The molecule has 1 aromatic carbocycles. The Hall–Kier alpha value is -1.15. The van der Waals surface area contributed by atoms with Crippen molar-refractivity contribution in [3.8, 4) is 0 Å². The third-order valence-corrected chi connectivity index (χ3v) is 3.01. The number of nitrogens with zero attached hydrogens (tertiary/aromatic N) is 1. The first-order valence-electron chi connectivity index (χ1n) is 5.54. The minimum Gasteiger partial charge on any atom is -0.299 e. The molecule has 1 aliphatic rings. The molecule has 0 unspecified atom stereocenters. The number of carbonyl (C=O) groups is 1. The molecule has 1 fully saturated rings. The molecular formula is C13H17NO. The van der Waals surface area contributed by atoms with E-state index in [4.69, 9.17) is 0 Å². The van der Waals surface area contributed by atoms with Crippen molar-refractivity contribution < 1.29 is 4.79 Å². The van der Waals surface area contributed by atoms with Crippen molar-refractivity contribution in [2.24, 2.45) is 5.92 Å². The van der Waals surface area contributed by atoms with E-state index in [1.54, 1.807) is 0 Å². The average Bonchev–Trinajstić information content (AvgIpc) is 2.25. The van der Waals surface area contributed by atoms with Gasteiger partial charge in [-0.15, -0.1) is 0 Å². The van der Waals surface area contributed by atoms with Crippen LogP contribution in [0.4, 0.5) is 0 Å². The first-order valence-corrected chi connectivity index (χ1v) is 5.54. The van der Waals surface area contributed by atoms with Crippen molar-refractivity contribution in [3.05, 3.63) is 35.9 Å². The normalized spacial score (nSPS) is 23.0. The minimum absolute atomic E-state index is 0.211. The van der Waals surface area contributed by atoms with E-state index in [0.717, 1.165) is 19.6 Å². The van der Waals surface area contributed by atoms with Gasteiger partial charge in [-0.05, 0) is 5.56 Å². The van der Waals surface area contributed by atoms with Crippen molar-refractivity contribution in [2.45, 2.75) is 19.9 Å². The molecule has 0 bridgehead atoms. The van der Waals surface area contributed by atoms with Crippen LogP contribution in [0.1, 0.15) is 18.9 Å². The molecule has 1 saturated heterocycles. The van der Waals surface area contributed by atoms with Crippen LogP contribution >= 0.6 is 0 Å². The van der Waals surface area contributed by atoms with Gasteiger partial charge in [0, 0.05) is 32.0 Å². The number of likely N-dealkylation sites (tertiary alicyclic amines) is 1. The third kappa shape index (κ3) is 2.66. The van der Waals surface area contributed by atoms with Gasteiger partial charge in [0.25, 0.3) is 0 Å². The minimum atomic E-state index is 0.211. The summed E-state index contributed by atoms with van der Waals surface area (Å²) in [7, 11) is 0. The van der Waals surface area contributed by atoms with Gasteiger partial charge in [0.15, 0.2) is 0 Å². The lowest BCUT2D eigenvalue weighted by Gasteiger charge is -2.29. The highest BCUT2D eigenvalue weighted by atomic mass is 16.1. The molecule has 2 rings (SSSR count). The highest BCUT2D eigenvalue weighted by Crippen LogP contribution is 2.14. The van der Waals surface area contributed by atoms with Gasteiger partial charge < -0.3 is 0 Å². The summed E-state index contributed by atoms with van der Waals surface area (Å²) < 4.78 is 0. The van der Waals surface area contributed by atoms with Crippen LogP contribution in [0.2, 0.25) is 0 Å². The van der Waals surface area contributed by atoms with Crippen LogP contribution in [0.25, 0.3) is 0 Å². The Bertz CT molecular complexity index is 334. The van der Waals surface area contributed by atoms with E-state index in [9.17, 15) is 4.79 Å². The number of carbonyl (C=O) groups excluding carboxylic acids is 1. The summed E-state index contributed by atoms with van der Waals surface area (Å²) in [6.07, 6.45) is 0.716. The molecule has 1 aromatic rings. The average molecular weight is 203 g/mol. The SMILES string of the molecule is C[C@H]1CN(Cc2ccccc2)CCC1=O. The fraction of sp³-hybridized carbons (Fsp3) is 0.462. The quantitative estimate of drug-likeness (QED) is 0.733. The van der Waals surface area contributed by atoms with Gasteiger partial charge >= 0.3 is 0 Å². The molecule has 0 spiro atoms. The number of rotatable bonds is 2. The molecule has 0 aliphatic carbocycles. The van der Waals surface area contributed by atoms with Gasteiger partial charge in [-0.2, -0.15) is 0 Å². The predicted molar refractivity (Wildman–Crippen MR) is 60.5 cm³/mol. The molecular weight excluding hydrogens is 186 g/mol. The summed E-state index contributed by atoms with van der Waals surface area (Å²) in [4.78, 5) is 13.7. The maximum atomic E-state index is 11.4. The number of piperidine rings is 1. The fourth-order valence-corrected chi connectivity index (χ4v) is 2.08. The van der Waals surface area contributed by atoms with E-state index in [-0.39, 0.29) is 5.92 Å². The van der Waals surface area contributed by atoms with Gasteiger partial charge in [0.05, 0.1) is 0 Å². The number of ketones is 1. The molecule has 1 atom stereocenters.